The van der Waals surface area contributed by atoms with E-state index in [0.29, 0.717) is 25.8 Å². The van der Waals surface area contributed by atoms with Crippen molar-refractivity contribution in [2.75, 3.05) is 50.7 Å². The van der Waals surface area contributed by atoms with Crippen molar-refractivity contribution in [3.63, 3.8) is 0 Å². The average molecular weight is 418 g/mol. The molecule has 0 spiro atoms. The molecule has 0 aliphatic carbocycles. The minimum Gasteiger partial charge on any atom is -0.354 e. The summed E-state index contributed by atoms with van der Waals surface area (Å²) in [6.07, 6.45) is 5.19. The molecular weight excluding hydrogens is 378 g/mol. The summed E-state index contributed by atoms with van der Waals surface area (Å²) in [4.78, 5) is 35.6. The zero-order valence-electron chi connectivity index (χ0n) is 19.0. The fourth-order valence-electron chi connectivity index (χ4n) is 3.75. The third-order valence-corrected chi connectivity index (χ3v) is 5.58. The zero-order valence-corrected chi connectivity index (χ0v) is 19.0. The first kappa shape index (κ1) is 24.1. The minimum absolute atomic E-state index is 0.0138. The molecule has 0 unspecified atom stereocenters. The number of carbonyl (C=O) groups is 2. The van der Waals surface area contributed by atoms with Gasteiger partial charge in [-0.05, 0) is 37.4 Å². The van der Waals surface area contributed by atoms with Gasteiger partial charge in [0.2, 0.25) is 11.8 Å². The van der Waals surface area contributed by atoms with Crippen LogP contribution < -0.4 is 10.2 Å². The maximum Gasteiger partial charge on any atom is 0.222 e. The maximum absolute atomic E-state index is 12.3. The molecule has 1 aliphatic heterocycles. The second-order valence-corrected chi connectivity index (χ2v) is 7.96. The van der Waals surface area contributed by atoms with Crippen molar-refractivity contribution < 1.29 is 9.59 Å². The Balaban J connectivity index is 1.67. The van der Waals surface area contributed by atoms with E-state index in [1.54, 1.807) is 0 Å². The maximum atomic E-state index is 12.3. The Kier molecular flexibility index (Phi) is 10.6. The summed E-state index contributed by atoms with van der Waals surface area (Å²) in [7, 11) is 0. The molecule has 1 aromatic heterocycles. The number of nitrogens with zero attached hydrogens (tertiary/aromatic N) is 4. The highest BCUT2D eigenvalue weighted by Crippen LogP contribution is 2.14. The summed E-state index contributed by atoms with van der Waals surface area (Å²) in [5.74, 6) is 1.15. The number of pyridine rings is 1. The van der Waals surface area contributed by atoms with Crippen molar-refractivity contribution >= 4 is 17.6 Å². The van der Waals surface area contributed by atoms with E-state index in [0.717, 1.165) is 70.0 Å². The zero-order chi connectivity index (χ0) is 21.8. The molecule has 2 rings (SSSR count). The number of likely N-dealkylation sites (N-methyl/N-ethyl adjacent to an activating group) is 1. The van der Waals surface area contributed by atoms with Gasteiger partial charge in [-0.3, -0.25) is 9.59 Å². The molecular formula is C23H39N5O2. The summed E-state index contributed by atoms with van der Waals surface area (Å²) in [5.41, 5.74) is 0.993. The number of piperazine rings is 1. The highest BCUT2D eigenvalue weighted by atomic mass is 16.2. The van der Waals surface area contributed by atoms with Gasteiger partial charge >= 0.3 is 0 Å². The van der Waals surface area contributed by atoms with Gasteiger partial charge in [0, 0.05) is 64.9 Å². The van der Waals surface area contributed by atoms with Crippen LogP contribution in [0.3, 0.4) is 0 Å². The van der Waals surface area contributed by atoms with Gasteiger partial charge in [-0.25, -0.2) is 4.98 Å². The number of nitrogens with one attached hydrogen (secondary N) is 1. The minimum atomic E-state index is -0.0138. The van der Waals surface area contributed by atoms with Crippen molar-refractivity contribution in [2.24, 2.45) is 0 Å². The molecule has 1 N–H and O–H groups in total. The molecule has 1 saturated heterocycles. The summed E-state index contributed by atoms with van der Waals surface area (Å²) in [6.45, 7) is 13.7. The predicted octanol–water partition coefficient (Wildman–Crippen LogP) is 2.66. The molecule has 0 aromatic carbocycles. The third-order valence-electron chi connectivity index (χ3n) is 5.58. The molecule has 0 saturated carbocycles. The van der Waals surface area contributed by atoms with Gasteiger partial charge in [0.1, 0.15) is 5.82 Å². The Bertz CT molecular complexity index is 635. The Morgan fingerprint density at radius 2 is 1.73 bits per heavy atom. The predicted molar refractivity (Wildman–Crippen MR) is 121 cm³/mol. The molecule has 0 atom stereocenters. The van der Waals surface area contributed by atoms with Crippen LogP contribution in [0, 0.1) is 0 Å². The van der Waals surface area contributed by atoms with E-state index in [9.17, 15) is 9.59 Å². The van der Waals surface area contributed by atoms with Crippen LogP contribution in [-0.2, 0) is 16.1 Å². The summed E-state index contributed by atoms with van der Waals surface area (Å²) >= 11 is 0. The van der Waals surface area contributed by atoms with Gasteiger partial charge in [-0.2, -0.15) is 0 Å². The van der Waals surface area contributed by atoms with Crippen molar-refractivity contribution in [1.82, 2.24) is 20.1 Å². The van der Waals surface area contributed by atoms with Crippen LogP contribution in [0.25, 0.3) is 0 Å². The summed E-state index contributed by atoms with van der Waals surface area (Å²) < 4.78 is 0. The smallest absolute Gasteiger partial charge is 0.222 e. The van der Waals surface area contributed by atoms with Gasteiger partial charge in [0.15, 0.2) is 0 Å². The van der Waals surface area contributed by atoms with E-state index in [-0.39, 0.29) is 11.8 Å². The lowest BCUT2D eigenvalue weighted by Crippen LogP contribution is -2.46. The Morgan fingerprint density at radius 3 is 2.30 bits per heavy atom. The summed E-state index contributed by atoms with van der Waals surface area (Å²) in [5, 5.41) is 2.94. The Labute approximate surface area is 181 Å². The van der Waals surface area contributed by atoms with E-state index in [1.807, 2.05) is 23.2 Å². The van der Waals surface area contributed by atoms with Gasteiger partial charge in [-0.1, -0.05) is 26.8 Å². The van der Waals surface area contributed by atoms with E-state index in [1.165, 1.54) is 0 Å². The van der Waals surface area contributed by atoms with Crippen LogP contribution in [-0.4, -0.2) is 72.4 Å². The number of hydrogen-bond acceptors (Lipinski definition) is 5. The lowest BCUT2D eigenvalue weighted by molar-refractivity contribution is -0.131. The molecule has 168 valence electrons. The van der Waals surface area contributed by atoms with Crippen LogP contribution >= 0.6 is 0 Å². The number of amides is 2. The van der Waals surface area contributed by atoms with E-state index < -0.39 is 0 Å². The molecule has 7 heteroatoms. The first-order valence-electron chi connectivity index (χ1n) is 11.5. The van der Waals surface area contributed by atoms with Gasteiger partial charge in [0.25, 0.3) is 0 Å². The van der Waals surface area contributed by atoms with Crippen LogP contribution in [0.1, 0.15) is 58.4 Å². The molecule has 2 heterocycles. The number of anilines is 1. The summed E-state index contributed by atoms with van der Waals surface area (Å²) in [6, 6.07) is 4.07. The fraction of sp³-hybridized carbons (Fsp3) is 0.696. The van der Waals surface area contributed by atoms with E-state index in [4.69, 9.17) is 0 Å². The van der Waals surface area contributed by atoms with Gasteiger partial charge < -0.3 is 20.0 Å². The molecule has 30 heavy (non-hydrogen) atoms. The van der Waals surface area contributed by atoms with Crippen LogP contribution in [0.2, 0.25) is 0 Å². The lowest BCUT2D eigenvalue weighted by Gasteiger charge is -2.34. The standard InChI is InChI=1S/C23H39N5O2/c1-4-12-28(13-5-2)23(30)9-7-8-22(29)25-19-20-10-11-21(24-18-20)27-16-14-26(6-3)15-17-27/h10-11,18H,4-9,12-17,19H2,1-3H3,(H,25,29). The normalized spacial score (nSPS) is 14.6. The highest BCUT2D eigenvalue weighted by molar-refractivity contribution is 5.79. The number of aromatic nitrogens is 1. The van der Waals surface area contributed by atoms with Crippen molar-refractivity contribution in [2.45, 2.75) is 59.4 Å². The Hall–Kier alpha value is -2.15. The highest BCUT2D eigenvalue weighted by Gasteiger charge is 2.16. The number of hydrogen-bond donors (Lipinski definition) is 1. The molecule has 1 aromatic rings. The molecule has 2 amide bonds. The third kappa shape index (κ3) is 7.94. The van der Waals surface area contributed by atoms with E-state index in [2.05, 4.69) is 40.9 Å². The first-order valence-corrected chi connectivity index (χ1v) is 11.5. The monoisotopic (exact) mass is 417 g/mol. The molecule has 1 aliphatic rings. The first-order chi connectivity index (χ1) is 14.6. The SMILES string of the molecule is CCCN(CCC)C(=O)CCCC(=O)NCc1ccc(N2CCN(CC)CC2)nc1. The van der Waals surface area contributed by atoms with E-state index >= 15 is 0 Å². The second kappa shape index (κ2) is 13.2. The van der Waals surface area contributed by atoms with Gasteiger partial charge in [0.05, 0.1) is 0 Å². The van der Waals surface area contributed by atoms with Gasteiger partial charge in [-0.15, -0.1) is 0 Å². The largest absolute Gasteiger partial charge is 0.354 e. The lowest BCUT2D eigenvalue weighted by atomic mass is 10.2. The van der Waals surface area contributed by atoms with Crippen molar-refractivity contribution in [3.05, 3.63) is 23.9 Å². The average Bonchev–Trinajstić information content (AvgIpc) is 2.78. The fourth-order valence-corrected chi connectivity index (χ4v) is 3.75. The van der Waals surface area contributed by atoms with Crippen LogP contribution in [0.15, 0.2) is 18.3 Å². The Morgan fingerprint density at radius 1 is 1.03 bits per heavy atom. The quantitative estimate of drug-likeness (QED) is 0.566. The topological polar surface area (TPSA) is 68.8 Å². The molecule has 0 radical (unpaired) electrons. The molecule has 1 fully saturated rings. The number of carbonyl (C=O) groups excluding carboxylic acids is 2. The van der Waals surface area contributed by atoms with Crippen molar-refractivity contribution in [1.29, 1.82) is 0 Å². The van der Waals surface area contributed by atoms with Crippen LogP contribution in [0.4, 0.5) is 5.82 Å². The number of rotatable bonds is 12. The molecule has 0 bridgehead atoms. The molecule has 7 nitrogen and oxygen atoms in total. The van der Waals surface area contributed by atoms with Crippen LogP contribution in [0.5, 0.6) is 0 Å². The second-order valence-electron chi connectivity index (χ2n) is 7.96. The van der Waals surface area contributed by atoms with Crippen molar-refractivity contribution in [3.8, 4) is 0 Å².